The summed E-state index contributed by atoms with van der Waals surface area (Å²) in [5, 5.41) is 15.3. The number of nitrogens with one attached hydrogen (secondary N) is 1. The van der Waals surface area contributed by atoms with Crippen molar-refractivity contribution in [2.45, 2.75) is 45.0 Å². The lowest BCUT2D eigenvalue weighted by Gasteiger charge is -2.15. The summed E-state index contributed by atoms with van der Waals surface area (Å²) in [6, 6.07) is 12.1. The Balaban J connectivity index is 1.79. The molecule has 3 rings (SSSR count). The molecule has 140 valence electrons. The zero-order valence-corrected chi connectivity index (χ0v) is 17.0. The second-order valence-electron chi connectivity index (χ2n) is 6.68. The second kappa shape index (κ2) is 7.92. The number of hydrogen-bond donors (Lipinski definition) is 1. The molecule has 27 heavy (non-hydrogen) atoms. The number of carbonyl (C=O) groups is 1. The van der Waals surface area contributed by atoms with Gasteiger partial charge in [-0.1, -0.05) is 42.1 Å². The van der Waals surface area contributed by atoms with Crippen molar-refractivity contribution in [1.82, 2.24) is 20.2 Å². The van der Waals surface area contributed by atoms with Crippen molar-refractivity contribution in [3.8, 4) is 5.69 Å². The van der Waals surface area contributed by atoms with Crippen LogP contribution in [-0.2, 0) is 4.79 Å². The first kappa shape index (κ1) is 19.1. The average Bonchev–Trinajstić information content (AvgIpc) is 3.08. The van der Waals surface area contributed by atoms with E-state index in [1.165, 1.54) is 11.8 Å². The molecule has 0 fully saturated rings. The number of para-hydroxylation sites is 1. The molecule has 0 unspecified atom stereocenters. The smallest absolute Gasteiger partial charge is 0.237 e. The van der Waals surface area contributed by atoms with E-state index < -0.39 is 0 Å². The van der Waals surface area contributed by atoms with E-state index in [2.05, 4.69) is 26.9 Å². The van der Waals surface area contributed by atoms with E-state index in [1.807, 2.05) is 65.0 Å². The van der Waals surface area contributed by atoms with Gasteiger partial charge in [0.2, 0.25) is 11.1 Å². The molecule has 7 heteroatoms. The van der Waals surface area contributed by atoms with E-state index in [1.54, 1.807) is 4.68 Å². The van der Waals surface area contributed by atoms with Crippen LogP contribution < -0.4 is 5.32 Å². The van der Waals surface area contributed by atoms with Crippen molar-refractivity contribution in [2.75, 3.05) is 5.32 Å². The molecule has 1 atom stereocenters. The fourth-order valence-corrected chi connectivity index (χ4v) is 3.60. The molecular weight excluding hydrogens is 358 g/mol. The Hall–Kier alpha value is -2.67. The van der Waals surface area contributed by atoms with Crippen LogP contribution in [-0.4, -0.2) is 31.4 Å². The summed E-state index contributed by atoms with van der Waals surface area (Å²) >= 11 is 1.34. The molecule has 0 spiro atoms. The Morgan fingerprint density at radius 3 is 2.48 bits per heavy atom. The fraction of sp³-hybridized carbons (Fsp3) is 0.300. The monoisotopic (exact) mass is 381 g/mol. The van der Waals surface area contributed by atoms with Gasteiger partial charge in [-0.15, -0.1) is 5.10 Å². The number of carbonyl (C=O) groups excluding carboxylic acids is 1. The first-order chi connectivity index (χ1) is 12.9. The predicted molar refractivity (Wildman–Crippen MR) is 108 cm³/mol. The lowest BCUT2D eigenvalue weighted by atomic mass is 10.1. The predicted octanol–water partition coefficient (Wildman–Crippen LogP) is 4.02. The van der Waals surface area contributed by atoms with Crippen molar-refractivity contribution >= 4 is 23.4 Å². The van der Waals surface area contributed by atoms with Gasteiger partial charge in [0.1, 0.15) is 0 Å². The average molecular weight is 382 g/mol. The number of tetrazole rings is 1. The topological polar surface area (TPSA) is 72.7 Å². The minimum absolute atomic E-state index is 0.0760. The minimum Gasteiger partial charge on any atom is -0.325 e. The van der Waals surface area contributed by atoms with Crippen molar-refractivity contribution in [1.29, 1.82) is 0 Å². The van der Waals surface area contributed by atoms with Gasteiger partial charge >= 0.3 is 0 Å². The van der Waals surface area contributed by atoms with Crippen LogP contribution in [0.4, 0.5) is 5.69 Å². The van der Waals surface area contributed by atoms with Gasteiger partial charge in [-0.05, 0) is 73.4 Å². The number of aromatic nitrogens is 4. The Bertz CT molecular complexity index is 962. The zero-order valence-electron chi connectivity index (χ0n) is 16.1. The molecule has 2 aromatic carbocycles. The summed E-state index contributed by atoms with van der Waals surface area (Å²) in [6.45, 7) is 9.88. The standard InChI is InChI=1S/C20H23N5OS/c1-12-9-10-13(2)17(11-12)25-20(22-23-24-25)27-16(5)19(26)21-18-14(3)7-6-8-15(18)4/h6-11,16H,1-5H3,(H,21,26)/t16-/m1/s1. The highest BCUT2D eigenvalue weighted by molar-refractivity contribution is 8.00. The number of benzene rings is 2. The highest BCUT2D eigenvalue weighted by Crippen LogP contribution is 2.27. The molecular formula is C20H23N5OS. The number of anilines is 1. The lowest BCUT2D eigenvalue weighted by Crippen LogP contribution is -2.24. The lowest BCUT2D eigenvalue weighted by molar-refractivity contribution is -0.115. The molecule has 0 aliphatic rings. The van der Waals surface area contributed by atoms with Crippen LogP contribution in [0.25, 0.3) is 5.69 Å². The van der Waals surface area contributed by atoms with Crippen LogP contribution in [0.5, 0.6) is 0 Å². The molecule has 0 bridgehead atoms. The molecule has 1 N–H and O–H groups in total. The quantitative estimate of drug-likeness (QED) is 0.676. The van der Waals surface area contributed by atoms with Gasteiger partial charge in [-0.25, -0.2) is 0 Å². The third kappa shape index (κ3) is 4.19. The minimum atomic E-state index is -0.348. The van der Waals surface area contributed by atoms with Crippen molar-refractivity contribution < 1.29 is 4.79 Å². The maximum Gasteiger partial charge on any atom is 0.237 e. The summed E-state index contributed by atoms with van der Waals surface area (Å²) in [4.78, 5) is 12.7. The normalized spacial score (nSPS) is 12.0. The van der Waals surface area contributed by atoms with Gasteiger partial charge in [0.05, 0.1) is 10.9 Å². The summed E-state index contributed by atoms with van der Waals surface area (Å²) in [5.74, 6) is -0.0760. The van der Waals surface area contributed by atoms with Crippen molar-refractivity contribution in [3.63, 3.8) is 0 Å². The van der Waals surface area contributed by atoms with Gasteiger partial charge < -0.3 is 5.32 Å². The van der Waals surface area contributed by atoms with Gasteiger partial charge in [0.15, 0.2) is 0 Å². The highest BCUT2D eigenvalue weighted by atomic mass is 32.2. The van der Waals surface area contributed by atoms with E-state index >= 15 is 0 Å². The Labute approximate surface area is 163 Å². The SMILES string of the molecule is Cc1ccc(C)c(-n2nnnc2S[C@H](C)C(=O)Nc2c(C)cccc2C)c1. The number of nitrogens with zero attached hydrogens (tertiary/aromatic N) is 4. The van der Waals surface area contributed by atoms with Crippen LogP contribution in [0, 0.1) is 27.7 Å². The number of hydrogen-bond acceptors (Lipinski definition) is 5. The summed E-state index contributed by atoms with van der Waals surface area (Å²) in [5.41, 5.74) is 6.07. The van der Waals surface area contributed by atoms with E-state index in [9.17, 15) is 4.79 Å². The molecule has 1 heterocycles. The molecule has 6 nitrogen and oxygen atoms in total. The number of thioether (sulfide) groups is 1. The highest BCUT2D eigenvalue weighted by Gasteiger charge is 2.21. The Kier molecular flexibility index (Phi) is 5.60. The molecule has 0 saturated heterocycles. The van der Waals surface area contributed by atoms with Crippen LogP contribution in [0.1, 0.15) is 29.2 Å². The van der Waals surface area contributed by atoms with Crippen LogP contribution in [0.3, 0.4) is 0 Å². The van der Waals surface area contributed by atoms with Crippen LogP contribution in [0.15, 0.2) is 41.6 Å². The second-order valence-corrected chi connectivity index (χ2v) is 7.99. The van der Waals surface area contributed by atoms with Crippen LogP contribution >= 0.6 is 11.8 Å². The fourth-order valence-electron chi connectivity index (χ4n) is 2.80. The first-order valence-electron chi connectivity index (χ1n) is 8.76. The number of amides is 1. The van der Waals surface area contributed by atoms with E-state index in [-0.39, 0.29) is 11.2 Å². The van der Waals surface area contributed by atoms with E-state index in [0.717, 1.165) is 33.6 Å². The molecule has 3 aromatic rings. The van der Waals surface area contributed by atoms with Crippen molar-refractivity contribution in [2.24, 2.45) is 0 Å². The summed E-state index contributed by atoms with van der Waals surface area (Å²) in [7, 11) is 0. The molecule has 0 saturated carbocycles. The Morgan fingerprint density at radius 1 is 1.07 bits per heavy atom. The van der Waals surface area contributed by atoms with Gasteiger partial charge in [0.25, 0.3) is 0 Å². The van der Waals surface area contributed by atoms with E-state index in [4.69, 9.17) is 0 Å². The third-order valence-corrected chi connectivity index (χ3v) is 5.45. The molecule has 0 aliphatic heterocycles. The zero-order chi connectivity index (χ0) is 19.6. The van der Waals surface area contributed by atoms with Crippen molar-refractivity contribution in [3.05, 3.63) is 58.7 Å². The first-order valence-corrected chi connectivity index (χ1v) is 9.64. The third-order valence-electron chi connectivity index (χ3n) is 4.41. The maximum absolute atomic E-state index is 12.7. The van der Waals surface area contributed by atoms with Gasteiger partial charge in [-0.3, -0.25) is 4.79 Å². The van der Waals surface area contributed by atoms with E-state index in [0.29, 0.717) is 5.16 Å². The number of aryl methyl sites for hydroxylation is 4. The molecule has 0 aliphatic carbocycles. The number of rotatable bonds is 5. The van der Waals surface area contributed by atoms with Crippen LogP contribution in [0.2, 0.25) is 0 Å². The maximum atomic E-state index is 12.7. The van der Waals surface area contributed by atoms with Gasteiger partial charge in [-0.2, -0.15) is 4.68 Å². The molecule has 1 amide bonds. The molecule has 0 radical (unpaired) electrons. The largest absolute Gasteiger partial charge is 0.325 e. The van der Waals surface area contributed by atoms with Gasteiger partial charge in [0, 0.05) is 5.69 Å². The summed E-state index contributed by atoms with van der Waals surface area (Å²) in [6.07, 6.45) is 0. The summed E-state index contributed by atoms with van der Waals surface area (Å²) < 4.78 is 1.69. The molecule has 1 aromatic heterocycles. The Morgan fingerprint density at radius 2 is 1.78 bits per heavy atom.